The summed E-state index contributed by atoms with van der Waals surface area (Å²) in [4.78, 5) is 9.00. The fourth-order valence-corrected chi connectivity index (χ4v) is 2.99. The Balaban J connectivity index is 0.000000631. The third kappa shape index (κ3) is 6.89. The standard InChI is InChI=1S/C6H14N2O4S2.C2H4O2/c1-13(9,10)7-3-5-8(6-4-7)14(2,11)12;1-2(3)4/h3-6H2,1-2H3;1H3,(H,3,4). The molecule has 1 aliphatic heterocycles. The van der Waals surface area contributed by atoms with Crippen LogP contribution >= 0.6 is 0 Å². The molecule has 1 aliphatic rings. The molecule has 0 unspecified atom stereocenters. The van der Waals surface area contributed by atoms with Crippen molar-refractivity contribution >= 4 is 26.0 Å². The summed E-state index contributed by atoms with van der Waals surface area (Å²) in [5.41, 5.74) is 0. The summed E-state index contributed by atoms with van der Waals surface area (Å²) in [6.07, 6.45) is 2.26. The number of hydrogen-bond acceptors (Lipinski definition) is 5. The third-order valence-corrected chi connectivity index (χ3v) is 4.74. The van der Waals surface area contributed by atoms with Crippen molar-refractivity contribution in [3.05, 3.63) is 0 Å². The monoisotopic (exact) mass is 302 g/mol. The number of sulfonamides is 2. The number of piperazine rings is 1. The number of carbonyl (C=O) groups is 1. The van der Waals surface area contributed by atoms with Crippen molar-refractivity contribution in [1.82, 2.24) is 8.61 Å². The molecule has 18 heavy (non-hydrogen) atoms. The van der Waals surface area contributed by atoms with Gasteiger partial charge in [0.2, 0.25) is 20.0 Å². The number of carboxylic acids is 1. The Bertz CT molecular complexity index is 432. The largest absolute Gasteiger partial charge is 0.481 e. The number of hydrogen-bond donors (Lipinski definition) is 1. The highest BCUT2D eigenvalue weighted by Crippen LogP contribution is 2.08. The van der Waals surface area contributed by atoms with Crippen LogP contribution in [0.2, 0.25) is 0 Å². The van der Waals surface area contributed by atoms with Gasteiger partial charge in [-0.05, 0) is 0 Å². The molecule has 108 valence electrons. The molecule has 0 bridgehead atoms. The van der Waals surface area contributed by atoms with Crippen LogP contribution in [0.3, 0.4) is 0 Å². The van der Waals surface area contributed by atoms with Crippen molar-refractivity contribution in [2.24, 2.45) is 0 Å². The molecule has 0 aromatic rings. The van der Waals surface area contributed by atoms with E-state index in [9.17, 15) is 16.8 Å². The summed E-state index contributed by atoms with van der Waals surface area (Å²) in [6.45, 7) is 2.05. The Hall–Kier alpha value is -0.710. The Morgan fingerprint density at radius 3 is 1.17 bits per heavy atom. The van der Waals surface area contributed by atoms with Crippen LogP contribution < -0.4 is 0 Å². The van der Waals surface area contributed by atoms with Gasteiger partial charge in [0.1, 0.15) is 0 Å². The van der Waals surface area contributed by atoms with Gasteiger partial charge in [0, 0.05) is 33.1 Å². The maximum Gasteiger partial charge on any atom is 0.300 e. The predicted molar refractivity (Wildman–Crippen MR) is 66.1 cm³/mol. The van der Waals surface area contributed by atoms with E-state index in [1.54, 1.807) is 0 Å². The first-order valence-electron chi connectivity index (χ1n) is 5.04. The molecule has 0 radical (unpaired) electrons. The molecule has 1 saturated heterocycles. The Morgan fingerprint density at radius 1 is 0.889 bits per heavy atom. The minimum absolute atomic E-state index is 0.242. The zero-order valence-electron chi connectivity index (χ0n) is 10.5. The molecule has 0 aromatic heterocycles. The second-order valence-corrected chi connectivity index (χ2v) is 7.81. The molecule has 0 atom stereocenters. The molecule has 10 heteroatoms. The Kier molecular flexibility index (Phi) is 6.20. The number of rotatable bonds is 2. The molecule has 0 amide bonds. The third-order valence-electron chi connectivity index (χ3n) is 2.14. The molecule has 0 aliphatic carbocycles. The first kappa shape index (κ1) is 17.3. The van der Waals surface area contributed by atoms with E-state index in [0.717, 1.165) is 19.4 Å². The predicted octanol–water partition coefficient (Wildman–Crippen LogP) is -1.39. The van der Waals surface area contributed by atoms with Crippen molar-refractivity contribution in [3.8, 4) is 0 Å². The molecule has 0 spiro atoms. The van der Waals surface area contributed by atoms with E-state index in [1.165, 1.54) is 8.61 Å². The smallest absolute Gasteiger partial charge is 0.300 e. The number of carboxylic acid groups (broad SMARTS) is 1. The van der Waals surface area contributed by atoms with Crippen LogP contribution in [-0.4, -0.2) is 75.2 Å². The van der Waals surface area contributed by atoms with E-state index in [4.69, 9.17) is 9.90 Å². The average Bonchev–Trinajstić information content (AvgIpc) is 2.14. The number of nitrogens with zero attached hydrogens (tertiary/aromatic N) is 2. The highest BCUT2D eigenvalue weighted by molar-refractivity contribution is 7.88. The van der Waals surface area contributed by atoms with Crippen LogP contribution in [-0.2, 0) is 24.8 Å². The van der Waals surface area contributed by atoms with Gasteiger partial charge < -0.3 is 5.11 Å². The van der Waals surface area contributed by atoms with Crippen LogP contribution in [0.5, 0.6) is 0 Å². The van der Waals surface area contributed by atoms with E-state index in [0.29, 0.717) is 0 Å². The molecule has 1 N–H and O–H groups in total. The van der Waals surface area contributed by atoms with Gasteiger partial charge in [0.25, 0.3) is 5.97 Å². The minimum Gasteiger partial charge on any atom is -0.481 e. The highest BCUT2D eigenvalue weighted by atomic mass is 32.2. The first-order chi connectivity index (χ1) is 7.94. The van der Waals surface area contributed by atoms with Gasteiger partial charge in [0.15, 0.2) is 0 Å². The second-order valence-electron chi connectivity index (χ2n) is 3.84. The van der Waals surface area contributed by atoms with Gasteiger partial charge in [-0.2, -0.15) is 8.61 Å². The van der Waals surface area contributed by atoms with E-state index in [1.807, 2.05) is 0 Å². The van der Waals surface area contributed by atoms with E-state index in [2.05, 4.69) is 0 Å². The van der Waals surface area contributed by atoms with Crippen LogP contribution in [0, 0.1) is 0 Å². The lowest BCUT2D eigenvalue weighted by Crippen LogP contribution is -2.49. The molecule has 1 fully saturated rings. The van der Waals surface area contributed by atoms with Gasteiger partial charge in [-0.25, -0.2) is 16.8 Å². The quantitative estimate of drug-likeness (QED) is 0.672. The lowest BCUT2D eigenvalue weighted by atomic mass is 10.4. The van der Waals surface area contributed by atoms with Gasteiger partial charge in [-0.3, -0.25) is 4.79 Å². The summed E-state index contributed by atoms with van der Waals surface area (Å²) in [5, 5.41) is 7.42. The topological polar surface area (TPSA) is 112 Å². The van der Waals surface area contributed by atoms with Crippen LogP contribution in [0.15, 0.2) is 0 Å². The Labute approximate surface area is 107 Å². The summed E-state index contributed by atoms with van der Waals surface area (Å²) in [5.74, 6) is -0.833. The lowest BCUT2D eigenvalue weighted by Gasteiger charge is -2.31. The first-order valence-corrected chi connectivity index (χ1v) is 8.74. The molecular weight excluding hydrogens is 284 g/mol. The normalized spacial score (nSPS) is 18.8. The minimum atomic E-state index is -3.18. The fraction of sp³-hybridized carbons (Fsp3) is 0.875. The zero-order chi connectivity index (χ0) is 14.6. The lowest BCUT2D eigenvalue weighted by molar-refractivity contribution is -0.134. The second kappa shape index (κ2) is 6.45. The molecule has 1 rings (SSSR count). The van der Waals surface area contributed by atoms with E-state index < -0.39 is 26.0 Å². The summed E-state index contributed by atoms with van der Waals surface area (Å²) >= 11 is 0. The van der Waals surface area contributed by atoms with E-state index >= 15 is 0 Å². The molecule has 8 nitrogen and oxygen atoms in total. The molecule has 0 aromatic carbocycles. The highest BCUT2D eigenvalue weighted by Gasteiger charge is 2.27. The van der Waals surface area contributed by atoms with Crippen molar-refractivity contribution in [2.75, 3.05) is 38.7 Å². The summed E-state index contributed by atoms with van der Waals surface area (Å²) in [7, 11) is -6.37. The van der Waals surface area contributed by atoms with Crippen molar-refractivity contribution in [1.29, 1.82) is 0 Å². The van der Waals surface area contributed by atoms with Crippen LogP contribution in [0.4, 0.5) is 0 Å². The van der Waals surface area contributed by atoms with Crippen LogP contribution in [0.25, 0.3) is 0 Å². The fourth-order valence-electron chi connectivity index (χ4n) is 1.33. The SMILES string of the molecule is CC(=O)O.CS(=O)(=O)N1CCN(S(C)(=O)=O)CC1. The maximum absolute atomic E-state index is 11.1. The zero-order valence-corrected chi connectivity index (χ0v) is 12.2. The van der Waals surface area contributed by atoms with Gasteiger partial charge in [-0.1, -0.05) is 0 Å². The molecule has 1 heterocycles. The summed E-state index contributed by atoms with van der Waals surface area (Å²) in [6, 6.07) is 0. The van der Waals surface area contributed by atoms with E-state index in [-0.39, 0.29) is 26.2 Å². The summed E-state index contributed by atoms with van der Waals surface area (Å²) < 4.78 is 47.0. The van der Waals surface area contributed by atoms with Crippen molar-refractivity contribution in [2.45, 2.75) is 6.92 Å². The van der Waals surface area contributed by atoms with Crippen molar-refractivity contribution in [3.63, 3.8) is 0 Å². The van der Waals surface area contributed by atoms with Gasteiger partial charge in [-0.15, -0.1) is 0 Å². The number of aliphatic carboxylic acids is 1. The average molecular weight is 302 g/mol. The van der Waals surface area contributed by atoms with Crippen LogP contribution in [0.1, 0.15) is 6.92 Å². The molecular formula is C8H18N2O6S2. The van der Waals surface area contributed by atoms with Gasteiger partial charge >= 0.3 is 0 Å². The van der Waals surface area contributed by atoms with Gasteiger partial charge in [0.05, 0.1) is 12.5 Å². The van der Waals surface area contributed by atoms with Crippen molar-refractivity contribution < 1.29 is 26.7 Å². The maximum atomic E-state index is 11.1. The Morgan fingerprint density at radius 2 is 1.06 bits per heavy atom. The molecule has 0 saturated carbocycles.